The first kappa shape index (κ1) is 16.4. The van der Waals surface area contributed by atoms with Crippen molar-refractivity contribution < 1.29 is 0 Å². The third-order valence-electron chi connectivity index (χ3n) is 4.04. The molecule has 0 bridgehead atoms. The number of thioether (sulfide) groups is 1. The van der Waals surface area contributed by atoms with Gasteiger partial charge in [0.05, 0.1) is 17.0 Å². The minimum absolute atomic E-state index is 0.186. The van der Waals surface area contributed by atoms with E-state index in [0.717, 1.165) is 16.8 Å². The molecule has 0 aliphatic carbocycles. The van der Waals surface area contributed by atoms with E-state index in [-0.39, 0.29) is 11.4 Å². The first-order valence-electron chi connectivity index (χ1n) is 7.95. The van der Waals surface area contributed by atoms with Gasteiger partial charge in [0, 0.05) is 0 Å². The zero-order valence-electron chi connectivity index (χ0n) is 14.2. The first-order valence-corrected chi connectivity index (χ1v) is 8.94. The highest BCUT2D eigenvalue weighted by Crippen LogP contribution is 2.23. The van der Waals surface area contributed by atoms with Gasteiger partial charge in [-0.25, -0.2) is 0 Å². The number of hydrogen-bond acceptors (Lipinski definition) is 7. The molecule has 26 heavy (non-hydrogen) atoms. The van der Waals surface area contributed by atoms with E-state index in [0.29, 0.717) is 16.1 Å². The summed E-state index contributed by atoms with van der Waals surface area (Å²) in [5, 5.41) is 21.2. The summed E-state index contributed by atoms with van der Waals surface area (Å²) in [5.41, 5.74) is 3.48. The van der Waals surface area contributed by atoms with E-state index in [2.05, 4.69) is 25.8 Å². The molecule has 0 saturated heterocycles. The summed E-state index contributed by atoms with van der Waals surface area (Å²) in [6.45, 7) is 4.02. The number of nitrogens with zero attached hydrogens (tertiary/aromatic N) is 7. The van der Waals surface area contributed by atoms with Crippen LogP contribution in [0.5, 0.6) is 0 Å². The Labute approximate surface area is 152 Å². The molecule has 0 aliphatic rings. The quantitative estimate of drug-likeness (QED) is 0.512. The Morgan fingerprint density at radius 3 is 2.54 bits per heavy atom. The Morgan fingerprint density at radius 1 is 0.962 bits per heavy atom. The summed E-state index contributed by atoms with van der Waals surface area (Å²) in [5.74, 6) is 0.266. The molecular formula is C17H15N7OS. The zero-order valence-corrected chi connectivity index (χ0v) is 15.0. The number of tetrazole rings is 1. The van der Waals surface area contributed by atoms with Crippen LogP contribution in [0.2, 0.25) is 0 Å². The van der Waals surface area contributed by atoms with Crippen molar-refractivity contribution in [1.29, 1.82) is 0 Å². The predicted molar refractivity (Wildman–Crippen MR) is 98.3 cm³/mol. The van der Waals surface area contributed by atoms with Crippen molar-refractivity contribution in [2.75, 3.05) is 0 Å². The zero-order chi connectivity index (χ0) is 18.1. The van der Waals surface area contributed by atoms with Crippen molar-refractivity contribution in [1.82, 2.24) is 35.2 Å². The molecule has 8 nitrogen and oxygen atoms in total. The average Bonchev–Trinajstić information content (AvgIpc) is 3.09. The van der Waals surface area contributed by atoms with Gasteiger partial charge < -0.3 is 0 Å². The van der Waals surface area contributed by atoms with Crippen molar-refractivity contribution >= 4 is 22.7 Å². The normalized spacial score (nSPS) is 11.2. The molecule has 0 saturated carbocycles. The molecule has 130 valence electrons. The summed E-state index contributed by atoms with van der Waals surface area (Å²) in [7, 11) is 0. The maximum atomic E-state index is 12.5. The van der Waals surface area contributed by atoms with Gasteiger partial charge in [-0.05, 0) is 47.5 Å². The van der Waals surface area contributed by atoms with Gasteiger partial charge in [0.15, 0.2) is 0 Å². The standard InChI is InChI=1S/C17H15N7OS/c1-11-6-5-7-12(2)15(11)24-17(19-20-22-24)26-10-23-16(25)13-8-3-4-9-14(13)18-21-23/h3-9H,10H2,1-2H3. The average molecular weight is 365 g/mol. The van der Waals surface area contributed by atoms with Gasteiger partial charge in [-0.15, -0.1) is 10.2 Å². The van der Waals surface area contributed by atoms with Crippen LogP contribution in [0.25, 0.3) is 16.6 Å². The second-order valence-electron chi connectivity index (χ2n) is 5.80. The molecular weight excluding hydrogens is 350 g/mol. The Balaban J connectivity index is 1.66. The molecule has 0 N–H and O–H groups in total. The predicted octanol–water partition coefficient (Wildman–Crippen LogP) is 2.13. The summed E-state index contributed by atoms with van der Waals surface area (Å²) in [6.07, 6.45) is 0. The van der Waals surface area contributed by atoms with Crippen LogP contribution in [0.3, 0.4) is 0 Å². The van der Waals surface area contributed by atoms with Crippen molar-refractivity contribution in [3.8, 4) is 5.69 Å². The van der Waals surface area contributed by atoms with Gasteiger partial charge in [-0.1, -0.05) is 47.3 Å². The van der Waals surface area contributed by atoms with Gasteiger partial charge in [0.1, 0.15) is 5.52 Å². The first-order chi connectivity index (χ1) is 12.6. The Hall–Kier alpha value is -3.07. The molecule has 0 aliphatic heterocycles. The molecule has 0 amide bonds. The molecule has 2 aromatic carbocycles. The monoisotopic (exact) mass is 365 g/mol. The summed E-state index contributed by atoms with van der Waals surface area (Å²) in [4.78, 5) is 12.5. The van der Waals surface area contributed by atoms with Crippen LogP contribution >= 0.6 is 11.8 Å². The summed E-state index contributed by atoms with van der Waals surface area (Å²) in [6, 6.07) is 13.2. The highest BCUT2D eigenvalue weighted by Gasteiger charge is 2.14. The molecule has 0 fully saturated rings. The summed E-state index contributed by atoms with van der Waals surface area (Å²) >= 11 is 1.33. The number of aryl methyl sites for hydroxylation is 2. The summed E-state index contributed by atoms with van der Waals surface area (Å²) < 4.78 is 3.01. The fraction of sp³-hybridized carbons (Fsp3) is 0.176. The van der Waals surface area contributed by atoms with E-state index in [1.807, 2.05) is 44.2 Å². The SMILES string of the molecule is Cc1cccc(C)c1-n1nnnc1SCn1nnc2ccccc2c1=O. The minimum atomic E-state index is -0.186. The van der Waals surface area contributed by atoms with Gasteiger partial charge in [-0.3, -0.25) is 4.79 Å². The van der Waals surface area contributed by atoms with Crippen LogP contribution in [0.1, 0.15) is 11.1 Å². The fourth-order valence-electron chi connectivity index (χ4n) is 2.78. The smallest absolute Gasteiger partial charge is 0.267 e. The highest BCUT2D eigenvalue weighted by molar-refractivity contribution is 7.98. The van der Waals surface area contributed by atoms with Gasteiger partial charge in [-0.2, -0.15) is 9.36 Å². The van der Waals surface area contributed by atoms with Crippen molar-refractivity contribution in [3.63, 3.8) is 0 Å². The molecule has 2 aromatic heterocycles. The van der Waals surface area contributed by atoms with Gasteiger partial charge >= 0.3 is 0 Å². The van der Waals surface area contributed by atoms with E-state index in [1.54, 1.807) is 16.8 Å². The van der Waals surface area contributed by atoms with Crippen LogP contribution in [0, 0.1) is 13.8 Å². The number of fused-ring (bicyclic) bond motifs is 1. The molecule has 9 heteroatoms. The van der Waals surface area contributed by atoms with Crippen molar-refractivity contribution in [2.24, 2.45) is 0 Å². The van der Waals surface area contributed by atoms with Crippen LogP contribution in [-0.2, 0) is 5.88 Å². The second kappa shape index (κ2) is 6.68. The molecule has 0 spiro atoms. The number of hydrogen-bond donors (Lipinski definition) is 0. The lowest BCUT2D eigenvalue weighted by atomic mass is 10.1. The minimum Gasteiger partial charge on any atom is -0.267 e. The second-order valence-corrected chi connectivity index (χ2v) is 6.71. The third-order valence-corrected chi connectivity index (χ3v) is 4.92. The fourth-order valence-corrected chi connectivity index (χ4v) is 3.53. The number of para-hydroxylation sites is 1. The molecule has 0 atom stereocenters. The number of benzene rings is 2. The van der Waals surface area contributed by atoms with E-state index in [1.165, 1.54) is 16.4 Å². The lowest BCUT2D eigenvalue weighted by Gasteiger charge is -2.10. The molecule has 4 rings (SSSR count). The Bertz CT molecular complexity index is 1130. The Morgan fingerprint density at radius 2 is 1.73 bits per heavy atom. The molecule has 0 unspecified atom stereocenters. The van der Waals surface area contributed by atoms with Crippen LogP contribution in [-0.4, -0.2) is 35.2 Å². The van der Waals surface area contributed by atoms with Gasteiger partial charge in [0.2, 0.25) is 5.16 Å². The number of rotatable bonds is 4. The van der Waals surface area contributed by atoms with Gasteiger partial charge in [0.25, 0.3) is 5.56 Å². The number of aromatic nitrogens is 7. The van der Waals surface area contributed by atoms with E-state index in [9.17, 15) is 4.79 Å². The highest BCUT2D eigenvalue weighted by atomic mass is 32.2. The lowest BCUT2D eigenvalue weighted by molar-refractivity contribution is 0.642. The molecule has 2 heterocycles. The van der Waals surface area contributed by atoms with Crippen molar-refractivity contribution in [3.05, 3.63) is 63.9 Å². The lowest BCUT2D eigenvalue weighted by Crippen LogP contribution is -2.23. The molecule has 0 radical (unpaired) electrons. The largest absolute Gasteiger partial charge is 0.278 e. The van der Waals surface area contributed by atoms with E-state index >= 15 is 0 Å². The topological polar surface area (TPSA) is 91.4 Å². The molecule has 4 aromatic rings. The van der Waals surface area contributed by atoms with Crippen LogP contribution in [0.4, 0.5) is 0 Å². The van der Waals surface area contributed by atoms with Crippen LogP contribution in [0.15, 0.2) is 52.4 Å². The third kappa shape index (κ3) is 2.86. The maximum absolute atomic E-state index is 12.5. The van der Waals surface area contributed by atoms with E-state index in [4.69, 9.17) is 0 Å². The van der Waals surface area contributed by atoms with E-state index < -0.39 is 0 Å². The van der Waals surface area contributed by atoms with Crippen LogP contribution < -0.4 is 5.56 Å². The maximum Gasteiger partial charge on any atom is 0.278 e. The Kier molecular flexibility index (Phi) is 4.21. The van der Waals surface area contributed by atoms with Crippen molar-refractivity contribution in [2.45, 2.75) is 24.9 Å².